The molecule has 20 heavy (non-hydrogen) atoms. The summed E-state index contributed by atoms with van der Waals surface area (Å²) in [6.45, 7) is 11.2. The number of hydrogen-bond acceptors (Lipinski definition) is 2. The summed E-state index contributed by atoms with van der Waals surface area (Å²) >= 11 is 0. The highest BCUT2D eigenvalue weighted by atomic mass is 15.1. The molecule has 0 saturated heterocycles. The molecule has 112 valence electrons. The van der Waals surface area contributed by atoms with E-state index in [-0.39, 0.29) is 0 Å². The topological polar surface area (TPSA) is 15.3 Å². The van der Waals surface area contributed by atoms with Crippen molar-refractivity contribution >= 4 is 0 Å². The van der Waals surface area contributed by atoms with E-state index in [1.807, 2.05) is 0 Å². The molecule has 1 saturated carbocycles. The molecule has 0 aromatic heterocycles. The lowest BCUT2D eigenvalue weighted by atomic mass is 10.1. The van der Waals surface area contributed by atoms with Gasteiger partial charge in [0.15, 0.2) is 0 Å². The van der Waals surface area contributed by atoms with Crippen molar-refractivity contribution in [3.8, 4) is 0 Å². The van der Waals surface area contributed by atoms with Crippen LogP contribution in [0.1, 0.15) is 38.3 Å². The Balaban J connectivity index is 1.79. The van der Waals surface area contributed by atoms with Crippen molar-refractivity contribution < 1.29 is 0 Å². The largest absolute Gasteiger partial charge is 0.312 e. The van der Waals surface area contributed by atoms with Crippen molar-refractivity contribution in [3.05, 3.63) is 35.4 Å². The summed E-state index contributed by atoms with van der Waals surface area (Å²) in [5.41, 5.74) is 2.83. The van der Waals surface area contributed by atoms with Gasteiger partial charge >= 0.3 is 0 Å². The SMILES string of the molecule is CC(C)CNCc1cccc(CN(C)CC2CC2C)c1. The van der Waals surface area contributed by atoms with Crippen LogP contribution in [-0.2, 0) is 13.1 Å². The molecule has 2 heteroatoms. The van der Waals surface area contributed by atoms with Gasteiger partial charge in [-0.05, 0) is 48.9 Å². The number of hydrogen-bond donors (Lipinski definition) is 1. The quantitative estimate of drug-likeness (QED) is 0.780. The third-order valence-corrected chi connectivity index (χ3v) is 4.15. The number of rotatable bonds is 8. The van der Waals surface area contributed by atoms with Crippen LogP contribution in [0.25, 0.3) is 0 Å². The molecular formula is C18H30N2. The maximum absolute atomic E-state index is 3.52. The summed E-state index contributed by atoms with van der Waals surface area (Å²) in [5, 5.41) is 3.52. The zero-order valence-corrected chi connectivity index (χ0v) is 13.5. The lowest BCUT2D eigenvalue weighted by Gasteiger charge is -2.17. The molecule has 0 aliphatic heterocycles. The van der Waals surface area contributed by atoms with Crippen molar-refractivity contribution in [1.82, 2.24) is 10.2 Å². The summed E-state index contributed by atoms with van der Waals surface area (Å²) in [4.78, 5) is 2.47. The zero-order valence-electron chi connectivity index (χ0n) is 13.5. The fourth-order valence-corrected chi connectivity index (χ4v) is 2.77. The third kappa shape index (κ3) is 5.26. The van der Waals surface area contributed by atoms with Crippen LogP contribution in [0.5, 0.6) is 0 Å². The van der Waals surface area contributed by atoms with Gasteiger partial charge in [-0.25, -0.2) is 0 Å². The van der Waals surface area contributed by atoms with Crippen molar-refractivity contribution in [2.75, 3.05) is 20.1 Å². The van der Waals surface area contributed by atoms with Crippen LogP contribution in [0, 0.1) is 17.8 Å². The van der Waals surface area contributed by atoms with Crippen LogP contribution in [0.2, 0.25) is 0 Å². The van der Waals surface area contributed by atoms with Gasteiger partial charge in [-0.2, -0.15) is 0 Å². The van der Waals surface area contributed by atoms with Gasteiger partial charge in [-0.3, -0.25) is 0 Å². The highest BCUT2D eigenvalue weighted by Gasteiger charge is 2.32. The molecule has 0 heterocycles. The summed E-state index contributed by atoms with van der Waals surface area (Å²) in [6.07, 6.45) is 1.42. The first kappa shape index (κ1) is 15.5. The molecule has 2 unspecified atom stereocenters. The Kier molecular flexibility index (Phi) is 5.62. The van der Waals surface area contributed by atoms with Gasteiger partial charge in [-0.1, -0.05) is 45.0 Å². The molecule has 0 spiro atoms. The number of nitrogens with zero attached hydrogens (tertiary/aromatic N) is 1. The molecular weight excluding hydrogens is 244 g/mol. The second kappa shape index (κ2) is 7.24. The van der Waals surface area contributed by atoms with E-state index in [9.17, 15) is 0 Å². The van der Waals surface area contributed by atoms with Crippen LogP contribution >= 0.6 is 0 Å². The van der Waals surface area contributed by atoms with E-state index in [1.165, 1.54) is 24.1 Å². The smallest absolute Gasteiger partial charge is 0.0230 e. The van der Waals surface area contributed by atoms with E-state index < -0.39 is 0 Å². The van der Waals surface area contributed by atoms with Crippen LogP contribution in [0.15, 0.2) is 24.3 Å². The Morgan fingerprint density at radius 2 is 2.00 bits per heavy atom. The molecule has 0 radical (unpaired) electrons. The lowest BCUT2D eigenvalue weighted by Crippen LogP contribution is -2.21. The summed E-state index contributed by atoms with van der Waals surface area (Å²) < 4.78 is 0. The van der Waals surface area contributed by atoms with Gasteiger partial charge in [0.1, 0.15) is 0 Å². The van der Waals surface area contributed by atoms with Gasteiger partial charge < -0.3 is 10.2 Å². The molecule has 1 aliphatic rings. The van der Waals surface area contributed by atoms with E-state index >= 15 is 0 Å². The van der Waals surface area contributed by atoms with Gasteiger partial charge in [0.2, 0.25) is 0 Å². The summed E-state index contributed by atoms with van der Waals surface area (Å²) in [5.74, 6) is 2.60. The summed E-state index contributed by atoms with van der Waals surface area (Å²) in [6, 6.07) is 9.01. The molecule has 1 N–H and O–H groups in total. The standard InChI is InChI=1S/C18H30N2/c1-14(2)10-19-11-16-6-5-7-17(9-16)12-20(4)13-18-8-15(18)3/h5-7,9,14-15,18-19H,8,10-13H2,1-4H3. The van der Waals surface area contributed by atoms with E-state index in [0.717, 1.165) is 31.5 Å². The van der Waals surface area contributed by atoms with Crippen LogP contribution in [0.4, 0.5) is 0 Å². The monoisotopic (exact) mass is 274 g/mol. The molecule has 1 aromatic carbocycles. The van der Waals surface area contributed by atoms with Crippen LogP contribution < -0.4 is 5.32 Å². The molecule has 0 amide bonds. The Morgan fingerprint density at radius 3 is 2.65 bits per heavy atom. The third-order valence-electron chi connectivity index (χ3n) is 4.15. The van der Waals surface area contributed by atoms with E-state index in [0.29, 0.717) is 5.92 Å². The highest BCUT2D eigenvalue weighted by Crippen LogP contribution is 2.38. The zero-order chi connectivity index (χ0) is 14.5. The highest BCUT2D eigenvalue weighted by molar-refractivity contribution is 5.23. The van der Waals surface area contributed by atoms with E-state index in [4.69, 9.17) is 0 Å². The Hall–Kier alpha value is -0.860. The molecule has 1 aliphatic carbocycles. The van der Waals surface area contributed by atoms with Crippen molar-refractivity contribution in [2.24, 2.45) is 17.8 Å². The summed E-state index contributed by atoms with van der Waals surface area (Å²) in [7, 11) is 2.24. The van der Waals surface area contributed by atoms with E-state index in [1.54, 1.807) is 0 Å². The Labute approximate surface area is 124 Å². The van der Waals surface area contributed by atoms with Gasteiger partial charge in [0, 0.05) is 19.6 Å². The molecule has 2 atom stereocenters. The molecule has 1 fully saturated rings. The second-order valence-corrected chi connectivity index (χ2v) is 7.01. The van der Waals surface area contributed by atoms with Gasteiger partial charge in [0.25, 0.3) is 0 Å². The van der Waals surface area contributed by atoms with Crippen molar-refractivity contribution in [1.29, 1.82) is 0 Å². The normalized spacial score (nSPS) is 21.7. The average Bonchev–Trinajstić information content (AvgIpc) is 3.04. The number of nitrogens with one attached hydrogen (secondary N) is 1. The van der Waals surface area contributed by atoms with Crippen molar-refractivity contribution in [2.45, 2.75) is 40.3 Å². The molecule has 2 nitrogen and oxygen atoms in total. The van der Waals surface area contributed by atoms with Crippen molar-refractivity contribution in [3.63, 3.8) is 0 Å². The van der Waals surface area contributed by atoms with Gasteiger partial charge in [-0.15, -0.1) is 0 Å². The predicted octanol–water partition coefficient (Wildman–Crippen LogP) is 3.52. The lowest BCUT2D eigenvalue weighted by molar-refractivity contribution is 0.307. The molecule has 0 bridgehead atoms. The van der Waals surface area contributed by atoms with Gasteiger partial charge in [0.05, 0.1) is 0 Å². The Bertz CT molecular complexity index is 414. The first-order valence-corrected chi connectivity index (χ1v) is 8.01. The average molecular weight is 274 g/mol. The molecule has 1 aromatic rings. The fraction of sp³-hybridized carbons (Fsp3) is 0.667. The fourth-order valence-electron chi connectivity index (χ4n) is 2.77. The van der Waals surface area contributed by atoms with Crippen LogP contribution in [0.3, 0.4) is 0 Å². The first-order chi connectivity index (χ1) is 9.54. The number of benzene rings is 1. The van der Waals surface area contributed by atoms with E-state index in [2.05, 4.69) is 62.3 Å². The molecule has 2 rings (SSSR count). The maximum Gasteiger partial charge on any atom is 0.0230 e. The second-order valence-electron chi connectivity index (χ2n) is 7.01. The predicted molar refractivity (Wildman–Crippen MR) is 86.6 cm³/mol. The first-order valence-electron chi connectivity index (χ1n) is 8.01. The minimum atomic E-state index is 0.713. The minimum Gasteiger partial charge on any atom is -0.312 e. The van der Waals surface area contributed by atoms with Crippen LogP contribution in [-0.4, -0.2) is 25.0 Å². The Morgan fingerprint density at radius 1 is 1.30 bits per heavy atom. The maximum atomic E-state index is 3.52. The minimum absolute atomic E-state index is 0.713.